The van der Waals surface area contributed by atoms with Crippen molar-refractivity contribution in [1.29, 1.82) is 5.26 Å². The average molecular weight is 235 g/mol. The minimum atomic E-state index is 0.326. The van der Waals surface area contributed by atoms with Gasteiger partial charge in [0.25, 0.3) is 0 Å². The van der Waals surface area contributed by atoms with Crippen LogP contribution in [0.1, 0.15) is 11.1 Å². The molecule has 88 valence electrons. The molecule has 0 saturated heterocycles. The summed E-state index contributed by atoms with van der Waals surface area (Å²) in [6, 6.07) is 21.7. The third kappa shape index (κ3) is 2.41. The predicted octanol–water partition coefficient (Wildman–Crippen LogP) is 3.62. The van der Waals surface area contributed by atoms with Gasteiger partial charge in [0.2, 0.25) is 5.76 Å². The molecule has 0 fully saturated rings. The Kier molecular flexibility index (Phi) is 3.78. The molecule has 2 aromatic carbocycles. The van der Waals surface area contributed by atoms with Crippen molar-refractivity contribution in [1.82, 2.24) is 0 Å². The molecule has 0 atom stereocenters. The van der Waals surface area contributed by atoms with Gasteiger partial charge in [0.15, 0.2) is 0 Å². The van der Waals surface area contributed by atoms with Gasteiger partial charge in [-0.15, -0.1) is 0 Å². The smallest absolute Gasteiger partial charge is 0.205 e. The third-order valence-corrected chi connectivity index (χ3v) is 2.66. The molecular weight excluding hydrogens is 222 g/mol. The van der Waals surface area contributed by atoms with E-state index >= 15 is 0 Å². The Morgan fingerprint density at radius 1 is 0.889 bits per heavy atom. The first-order chi connectivity index (χ1) is 8.86. The maximum atomic E-state index is 9.19. The van der Waals surface area contributed by atoms with Crippen LogP contribution in [-0.4, -0.2) is 7.11 Å². The van der Waals surface area contributed by atoms with E-state index in [-0.39, 0.29) is 0 Å². The summed E-state index contributed by atoms with van der Waals surface area (Å²) in [4.78, 5) is 0. The number of rotatable bonds is 3. The van der Waals surface area contributed by atoms with Crippen LogP contribution in [0.5, 0.6) is 0 Å². The normalized spacial score (nSPS) is 9.33. The van der Waals surface area contributed by atoms with Gasteiger partial charge in [0.05, 0.1) is 7.11 Å². The fourth-order valence-corrected chi connectivity index (χ4v) is 1.84. The maximum Gasteiger partial charge on any atom is 0.205 e. The van der Waals surface area contributed by atoms with Crippen molar-refractivity contribution in [3.63, 3.8) is 0 Å². The number of allylic oxidation sites excluding steroid dienone is 1. The first kappa shape index (κ1) is 11.9. The molecule has 2 aromatic rings. The van der Waals surface area contributed by atoms with E-state index in [1.807, 2.05) is 60.7 Å². The van der Waals surface area contributed by atoms with Gasteiger partial charge in [0.1, 0.15) is 6.07 Å². The summed E-state index contributed by atoms with van der Waals surface area (Å²) in [5, 5.41) is 9.19. The standard InChI is InChI=1S/C16H13NO/c1-18-15(12-17)16(13-8-4-2-5-9-13)14-10-6-3-7-11-14/h2-11H,1H3. The summed E-state index contributed by atoms with van der Waals surface area (Å²) in [5.41, 5.74) is 2.77. The van der Waals surface area contributed by atoms with Gasteiger partial charge in [-0.1, -0.05) is 60.7 Å². The fourth-order valence-electron chi connectivity index (χ4n) is 1.84. The molecule has 0 aliphatic rings. The average Bonchev–Trinajstić information content (AvgIpc) is 2.46. The number of ether oxygens (including phenoxy) is 1. The Hall–Kier alpha value is -2.53. The van der Waals surface area contributed by atoms with Crippen molar-refractivity contribution < 1.29 is 4.74 Å². The minimum Gasteiger partial charge on any atom is -0.487 e. The van der Waals surface area contributed by atoms with E-state index in [0.717, 1.165) is 16.7 Å². The van der Waals surface area contributed by atoms with E-state index in [9.17, 15) is 5.26 Å². The molecule has 0 amide bonds. The third-order valence-electron chi connectivity index (χ3n) is 2.66. The molecule has 0 bridgehead atoms. The molecular formula is C16H13NO. The van der Waals surface area contributed by atoms with Crippen molar-refractivity contribution in [3.8, 4) is 6.07 Å². The summed E-state index contributed by atoms with van der Waals surface area (Å²) in [6.45, 7) is 0. The highest BCUT2D eigenvalue weighted by molar-refractivity contribution is 5.82. The monoisotopic (exact) mass is 235 g/mol. The Morgan fingerprint density at radius 3 is 1.67 bits per heavy atom. The minimum absolute atomic E-state index is 0.326. The largest absolute Gasteiger partial charge is 0.487 e. The molecule has 18 heavy (non-hydrogen) atoms. The molecule has 0 aliphatic heterocycles. The quantitative estimate of drug-likeness (QED) is 0.601. The van der Waals surface area contributed by atoms with Crippen molar-refractivity contribution in [2.24, 2.45) is 0 Å². The van der Waals surface area contributed by atoms with Gasteiger partial charge in [-0.3, -0.25) is 0 Å². The molecule has 2 rings (SSSR count). The summed E-state index contributed by atoms with van der Waals surface area (Å²) >= 11 is 0. The Labute approximate surface area is 107 Å². The number of hydrogen-bond acceptors (Lipinski definition) is 2. The van der Waals surface area contributed by atoms with Crippen LogP contribution in [0.15, 0.2) is 66.4 Å². The van der Waals surface area contributed by atoms with E-state index in [1.165, 1.54) is 7.11 Å². The van der Waals surface area contributed by atoms with Gasteiger partial charge >= 0.3 is 0 Å². The zero-order valence-corrected chi connectivity index (χ0v) is 10.1. The highest BCUT2D eigenvalue weighted by Crippen LogP contribution is 2.26. The SMILES string of the molecule is COC(C#N)=C(c1ccccc1)c1ccccc1. The van der Waals surface area contributed by atoms with Crippen LogP contribution < -0.4 is 0 Å². The summed E-state index contributed by atoms with van der Waals surface area (Å²) in [6.07, 6.45) is 0. The Bertz CT molecular complexity index is 538. The van der Waals surface area contributed by atoms with Crippen LogP contribution in [0.25, 0.3) is 5.57 Å². The maximum absolute atomic E-state index is 9.19. The zero-order chi connectivity index (χ0) is 12.8. The fraction of sp³-hybridized carbons (Fsp3) is 0.0625. The summed E-state index contributed by atoms with van der Waals surface area (Å²) in [5.74, 6) is 0.326. The van der Waals surface area contributed by atoms with Crippen molar-refractivity contribution >= 4 is 5.57 Å². The molecule has 0 aliphatic carbocycles. The lowest BCUT2D eigenvalue weighted by Crippen LogP contribution is -1.95. The van der Waals surface area contributed by atoms with E-state index in [1.54, 1.807) is 0 Å². The van der Waals surface area contributed by atoms with E-state index in [2.05, 4.69) is 6.07 Å². The van der Waals surface area contributed by atoms with Gasteiger partial charge in [-0.2, -0.15) is 5.26 Å². The van der Waals surface area contributed by atoms with Crippen LogP contribution in [0, 0.1) is 11.3 Å². The summed E-state index contributed by atoms with van der Waals surface area (Å²) in [7, 11) is 1.52. The second-order valence-electron chi connectivity index (χ2n) is 3.75. The number of methoxy groups -OCH3 is 1. The summed E-state index contributed by atoms with van der Waals surface area (Å²) < 4.78 is 5.19. The second-order valence-corrected chi connectivity index (χ2v) is 3.75. The molecule has 0 N–H and O–H groups in total. The molecule has 2 nitrogen and oxygen atoms in total. The molecule has 0 heterocycles. The number of hydrogen-bond donors (Lipinski definition) is 0. The van der Waals surface area contributed by atoms with Crippen molar-refractivity contribution in [3.05, 3.63) is 77.5 Å². The lowest BCUT2D eigenvalue weighted by molar-refractivity contribution is 0.312. The molecule has 0 unspecified atom stereocenters. The first-order valence-corrected chi connectivity index (χ1v) is 5.66. The van der Waals surface area contributed by atoms with Crippen LogP contribution in [-0.2, 0) is 4.74 Å². The lowest BCUT2D eigenvalue weighted by Gasteiger charge is -2.10. The highest BCUT2D eigenvalue weighted by atomic mass is 16.5. The van der Waals surface area contributed by atoms with E-state index in [4.69, 9.17) is 4.74 Å². The van der Waals surface area contributed by atoms with E-state index in [0.29, 0.717) is 5.76 Å². The Balaban J connectivity index is 2.64. The molecule has 2 heteroatoms. The van der Waals surface area contributed by atoms with Gasteiger partial charge in [0, 0.05) is 5.57 Å². The topological polar surface area (TPSA) is 33.0 Å². The van der Waals surface area contributed by atoms with Crippen LogP contribution >= 0.6 is 0 Å². The molecule has 0 radical (unpaired) electrons. The second kappa shape index (κ2) is 5.70. The number of benzene rings is 2. The lowest BCUT2D eigenvalue weighted by atomic mass is 9.97. The first-order valence-electron chi connectivity index (χ1n) is 5.66. The van der Waals surface area contributed by atoms with Gasteiger partial charge in [-0.25, -0.2) is 0 Å². The number of nitrogens with zero attached hydrogens (tertiary/aromatic N) is 1. The van der Waals surface area contributed by atoms with Crippen LogP contribution in [0.2, 0.25) is 0 Å². The van der Waals surface area contributed by atoms with E-state index < -0.39 is 0 Å². The van der Waals surface area contributed by atoms with Crippen molar-refractivity contribution in [2.75, 3.05) is 7.11 Å². The molecule has 0 saturated carbocycles. The van der Waals surface area contributed by atoms with Crippen LogP contribution in [0.3, 0.4) is 0 Å². The number of nitriles is 1. The van der Waals surface area contributed by atoms with Gasteiger partial charge < -0.3 is 4.74 Å². The van der Waals surface area contributed by atoms with Crippen LogP contribution in [0.4, 0.5) is 0 Å². The highest BCUT2D eigenvalue weighted by Gasteiger charge is 2.11. The molecule has 0 spiro atoms. The predicted molar refractivity (Wildman–Crippen MR) is 71.5 cm³/mol. The zero-order valence-electron chi connectivity index (χ0n) is 10.1. The van der Waals surface area contributed by atoms with Crippen molar-refractivity contribution in [2.45, 2.75) is 0 Å². The van der Waals surface area contributed by atoms with Gasteiger partial charge in [-0.05, 0) is 11.1 Å². The Morgan fingerprint density at radius 2 is 1.33 bits per heavy atom. The molecule has 0 aromatic heterocycles.